The number of anilines is 1. The summed E-state index contributed by atoms with van der Waals surface area (Å²) < 4.78 is 0. The molecule has 1 fully saturated rings. The Bertz CT molecular complexity index is 801. The van der Waals surface area contributed by atoms with E-state index in [0.29, 0.717) is 19.5 Å². The van der Waals surface area contributed by atoms with Gasteiger partial charge in [-0.15, -0.1) is 0 Å². The number of nitrogens with zero attached hydrogens (tertiary/aromatic N) is 1. The largest absolute Gasteiger partial charge is 0.356 e. The van der Waals surface area contributed by atoms with E-state index < -0.39 is 0 Å². The van der Waals surface area contributed by atoms with Crippen LogP contribution in [0, 0.1) is 19.8 Å². The number of unbranched alkanes of at least 4 members (excludes halogenated alkanes) is 1. The van der Waals surface area contributed by atoms with Gasteiger partial charge in [0, 0.05) is 25.2 Å². The van der Waals surface area contributed by atoms with Crippen LogP contribution in [0.25, 0.3) is 0 Å². The van der Waals surface area contributed by atoms with Gasteiger partial charge in [0.25, 0.3) is 0 Å². The van der Waals surface area contributed by atoms with Crippen LogP contribution in [0.5, 0.6) is 0 Å². The molecule has 2 aromatic rings. The van der Waals surface area contributed by atoms with Gasteiger partial charge in [-0.3, -0.25) is 9.59 Å². The monoisotopic (exact) mass is 364 g/mol. The fourth-order valence-electron chi connectivity index (χ4n) is 3.48. The summed E-state index contributed by atoms with van der Waals surface area (Å²) in [5, 5.41) is 3.01. The lowest BCUT2D eigenvalue weighted by molar-refractivity contribution is -0.126. The van der Waals surface area contributed by atoms with Crippen molar-refractivity contribution in [1.82, 2.24) is 5.32 Å². The fourth-order valence-corrected chi connectivity index (χ4v) is 3.48. The molecule has 4 heteroatoms. The molecule has 2 aromatic carbocycles. The van der Waals surface area contributed by atoms with Gasteiger partial charge >= 0.3 is 0 Å². The zero-order valence-electron chi connectivity index (χ0n) is 16.2. The van der Waals surface area contributed by atoms with E-state index in [-0.39, 0.29) is 17.7 Å². The van der Waals surface area contributed by atoms with E-state index in [4.69, 9.17) is 0 Å². The Morgan fingerprint density at radius 2 is 1.85 bits per heavy atom. The average Bonchev–Trinajstić information content (AvgIpc) is 3.06. The van der Waals surface area contributed by atoms with Gasteiger partial charge in [0.1, 0.15) is 0 Å². The molecule has 2 amide bonds. The molecule has 1 aliphatic heterocycles. The van der Waals surface area contributed by atoms with Gasteiger partial charge in [0.15, 0.2) is 0 Å². The van der Waals surface area contributed by atoms with E-state index in [1.807, 2.05) is 31.2 Å². The summed E-state index contributed by atoms with van der Waals surface area (Å²) in [7, 11) is 0. The molecule has 1 atom stereocenters. The van der Waals surface area contributed by atoms with Crippen LogP contribution in [0.4, 0.5) is 5.69 Å². The van der Waals surface area contributed by atoms with Crippen molar-refractivity contribution in [2.24, 2.45) is 5.92 Å². The maximum absolute atomic E-state index is 12.4. The number of aryl methyl sites for hydroxylation is 3. The number of benzene rings is 2. The average molecular weight is 364 g/mol. The third kappa shape index (κ3) is 4.97. The maximum Gasteiger partial charge on any atom is 0.227 e. The summed E-state index contributed by atoms with van der Waals surface area (Å²) in [4.78, 5) is 26.5. The lowest BCUT2D eigenvalue weighted by Gasteiger charge is -2.18. The smallest absolute Gasteiger partial charge is 0.227 e. The highest BCUT2D eigenvalue weighted by molar-refractivity contribution is 6.00. The number of amides is 2. The highest BCUT2D eigenvalue weighted by Crippen LogP contribution is 2.26. The van der Waals surface area contributed by atoms with Gasteiger partial charge in [-0.1, -0.05) is 36.4 Å². The number of hydrogen-bond donors (Lipinski definition) is 1. The zero-order valence-corrected chi connectivity index (χ0v) is 16.2. The minimum absolute atomic E-state index is 0.00519. The highest BCUT2D eigenvalue weighted by atomic mass is 16.2. The maximum atomic E-state index is 12.4. The molecule has 142 valence electrons. The molecule has 27 heavy (non-hydrogen) atoms. The Balaban J connectivity index is 1.44. The molecule has 0 radical (unpaired) electrons. The second-order valence-electron chi connectivity index (χ2n) is 7.41. The van der Waals surface area contributed by atoms with Gasteiger partial charge in [-0.05, 0) is 61.9 Å². The topological polar surface area (TPSA) is 49.4 Å². The molecule has 1 N–H and O–H groups in total. The van der Waals surface area contributed by atoms with E-state index in [0.717, 1.165) is 30.5 Å². The van der Waals surface area contributed by atoms with Crippen LogP contribution in [0.1, 0.15) is 36.0 Å². The van der Waals surface area contributed by atoms with E-state index in [1.54, 1.807) is 4.90 Å². The Labute approximate surface area is 161 Å². The van der Waals surface area contributed by atoms with E-state index >= 15 is 0 Å². The molecule has 1 aliphatic rings. The van der Waals surface area contributed by atoms with Crippen LogP contribution in [-0.4, -0.2) is 24.9 Å². The van der Waals surface area contributed by atoms with Crippen LogP contribution in [0.15, 0.2) is 48.5 Å². The quantitative estimate of drug-likeness (QED) is 0.760. The Kier molecular flexibility index (Phi) is 6.28. The molecule has 1 saturated heterocycles. The Morgan fingerprint density at radius 1 is 1.07 bits per heavy atom. The molecule has 4 nitrogen and oxygen atoms in total. The first kappa shape index (κ1) is 19.2. The Hall–Kier alpha value is -2.62. The second kappa shape index (κ2) is 8.85. The number of carbonyl (C=O) groups is 2. The van der Waals surface area contributed by atoms with Crippen molar-refractivity contribution in [3.8, 4) is 0 Å². The van der Waals surface area contributed by atoms with Crippen molar-refractivity contribution in [3.63, 3.8) is 0 Å². The molecule has 0 spiro atoms. The summed E-state index contributed by atoms with van der Waals surface area (Å²) >= 11 is 0. The third-order valence-corrected chi connectivity index (χ3v) is 5.33. The first-order valence-electron chi connectivity index (χ1n) is 9.74. The lowest BCUT2D eigenvalue weighted by Crippen LogP contribution is -2.33. The lowest BCUT2D eigenvalue weighted by atomic mass is 10.1. The Morgan fingerprint density at radius 3 is 2.59 bits per heavy atom. The standard InChI is InChI=1S/C23H28N2O2/c1-17-11-12-21(14-18(17)2)25-16-20(15-22(25)26)23(27)24-13-7-6-10-19-8-4-3-5-9-19/h3-5,8-9,11-12,14,20H,6-7,10,13,15-16H2,1-2H3,(H,24,27)/t20-/m1/s1. The molecular weight excluding hydrogens is 336 g/mol. The minimum Gasteiger partial charge on any atom is -0.356 e. The first-order chi connectivity index (χ1) is 13.0. The van der Waals surface area contributed by atoms with E-state index in [2.05, 4.69) is 36.5 Å². The van der Waals surface area contributed by atoms with Crippen molar-refractivity contribution in [1.29, 1.82) is 0 Å². The van der Waals surface area contributed by atoms with E-state index in [1.165, 1.54) is 11.1 Å². The molecule has 1 heterocycles. The summed E-state index contributed by atoms with van der Waals surface area (Å²) in [6.45, 7) is 5.23. The van der Waals surface area contributed by atoms with E-state index in [9.17, 15) is 9.59 Å². The summed E-state index contributed by atoms with van der Waals surface area (Å²) in [5.74, 6) is -0.231. The van der Waals surface area contributed by atoms with Gasteiger partial charge < -0.3 is 10.2 Å². The second-order valence-corrected chi connectivity index (χ2v) is 7.41. The van der Waals surface area contributed by atoms with Crippen molar-refractivity contribution in [3.05, 3.63) is 65.2 Å². The van der Waals surface area contributed by atoms with Crippen LogP contribution < -0.4 is 10.2 Å². The number of nitrogens with one attached hydrogen (secondary N) is 1. The fraction of sp³-hybridized carbons (Fsp3) is 0.391. The van der Waals surface area contributed by atoms with Gasteiger partial charge in [-0.25, -0.2) is 0 Å². The molecule has 0 aliphatic carbocycles. The highest BCUT2D eigenvalue weighted by Gasteiger charge is 2.34. The van der Waals surface area contributed by atoms with Gasteiger partial charge in [-0.2, -0.15) is 0 Å². The SMILES string of the molecule is Cc1ccc(N2C[C@H](C(=O)NCCCCc3ccccc3)CC2=O)cc1C. The first-order valence-corrected chi connectivity index (χ1v) is 9.74. The minimum atomic E-state index is -0.256. The number of rotatable bonds is 7. The van der Waals surface area contributed by atoms with Gasteiger partial charge in [0.2, 0.25) is 11.8 Å². The summed E-state index contributed by atoms with van der Waals surface area (Å²) in [6.07, 6.45) is 3.31. The van der Waals surface area contributed by atoms with Crippen molar-refractivity contribution < 1.29 is 9.59 Å². The molecule has 0 saturated carbocycles. The molecule has 0 unspecified atom stereocenters. The molecular formula is C23H28N2O2. The van der Waals surface area contributed by atoms with Crippen LogP contribution in [-0.2, 0) is 16.0 Å². The van der Waals surface area contributed by atoms with Crippen molar-refractivity contribution in [2.75, 3.05) is 18.0 Å². The predicted octanol–water partition coefficient (Wildman–Crippen LogP) is 3.80. The van der Waals surface area contributed by atoms with Crippen LogP contribution in [0.2, 0.25) is 0 Å². The molecule has 0 bridgehead atoms. The summed E-state index contributed by atoms with van der Waals surface area (Å²) in [5.41, 5.74) is 4.58. The summed E-state index contributed by atoms with van der Waals surface area (Å²) in [6, 6.07) is 16.4. The molecule has 3 rings (SSSR count). The van der Waals surface area contributed by atoms with Crippen LogP contribution >= 0.6 is 0 Å². The van der Waals surface area contributed by atoms with Gasteiger partial charge in [0.05, 0.1) is 5.92 Å². The number of carbonyl (C=O) groups excluding carboxylic acids is 2. The number of hydrogen-bond acceptors (Lipinski definition) is 2. The van der Waals surface area contributed by atoms with Crippen molar-refractivity contribution in [2.45, 2.75) is 39.5 Å². The van der Waals surface area contributed by atoms with Crippen molar-refractivity contribution >= 4 is 17.5 Å². The predicted molar refractivity (Wildman–Crippen MR) is 109 cm³/mol. The normalized spacial score (nSPS) is 16.6. The third-order valence-electron chi connectivity index (χ3n) is 5.33. The zero-order chi connectivity index (χ0) is 19.2. The molecule has 0 aromatic heterocycles. The van der Waals surface area contributed by atoms with Crippen LogP contribution in [0.3, 0.4) is 0 Å².